The lowest BCUT2D eigenvalue weighted by Crippen LogP contribution is -2.38. The van der Waals surface area contributed by atoms with Gasteiger partial charge in [-0.25, -0.2) is 14.4 Å². The number of aryl methyl sites for hydroxylation is 3. The lowest BCUT2D eigenvalue weighted by Gasteiger charge is -2.32. The Kier molecular flexibility index (Phi) is 5.06. The van der Waals surface area contributed by atoms with Gasteiger partial charge in [0.05, 0.1) is 15.4 Å². The van der Waals surface area contributed by atoms with Crippen molar-refractivity contribution >= 4 is 21.7 Å². The van der Waals surface area contributed by atoms with Crippen LogP contribution in [0, 0.1) is 26.6 Å². The number of pyridine rings is 2. The van der Waals surface area contributed by atoms with Crippen molar-refractivity contribution < 1.29 is 9.13 Å². The van der Waals surface area contributed by atoms with E-state index >= 15 is 0 Å². The Morgan fingerprint density at radius 1 is 1.07 bits per heavy atom. The van der Waals surface area contributed by atoms with E-state index < -0.39 is 0 Å². The molecule has 7 heteroatoms. The second-order valence-electron chi connectivity index (χ2n) is 7.15. The number of rotatable bonds is 4. The molecule has 5 nitrogen and oxygen atoms in total. The highest BCUT2D eigenvalue weighted by Crippen LogP contribution is 2.24. The number of halogens is 1. The highest BCUT2D eigenvalue weighted by molar-refractivity contribution is 7.18. The molecule has 0 aromatic carbocycles. The summed E-state index contributed by atoms with van der Waals surface area (Å²) < 4.78 is 21.3. The van der Waals surface area contributed by atoms with Crippen LogP contribution in [0.1, 0.15) is 34.9 Å². The summed E-state index contributed by atoms with van der Waals surface area (Å²) in [5.74, 6) is 0.641. The predicted octanol–water partition coefficient (Wildman–Crippen LogP) is 4.19. The third kappa shape index (κ3) is 4.25. The van der Waals surface area contributed by atoms with Gasteiger partial charge in [0.15, 0.2) is 5.65 Å². The van der Waals surface area contributed by atoms with Crippen molar-refractivity contribution in [2.45, 2.75) is 46.3 Å². The minimum atomic E-state index is -0.243. The number of nitrogens with zero attached hydrogens (tertiary/aromatic N) is 4. The molecular weight excluding hydrogens is 363 g/mol. The highest BCUT2D eigenvalue weighted by Gasteiger charge is 2.22. The van der Waals surface area contributed by atoms with E-state index in [0.717, 1.165) is 52.8 Å². The van der Waals surface area contributed by atoms with Gasteiger partial charge in [-0.05, 0) is 39.7 Å². The van der Waals surface area contributed by atoms with E-state index in [4.69, 9.17) is 4.74 Å². The first-order valence-corrected chi connectivity index (χ1v) is 10.0. The zero-order valence-electron chi connectivity index (χ0n) is 15.8. The van der Waals surface area contributed by atoms with Crippen LogP contribution in [0.3, 0.4) is 0 Å². The van der Waals surface area contributed by atoms with Crippen LogP contribution in [0.2, 0.25) is 0 Å². The zero-order valence-corrected chi connectivity index (χ0v) is 16.6. The van der Waals surface area contributed by atoms with Crippen molar-refractivity contribution in [3.63, 3.8) is 0 Å². The first-order chi connectivity index (χ1) is 13.0. The topological polar surface area (TPSA) is 51.1 Å². The molecule has 4 rings (SSSR count). The number of thiazole rings is 1. The van der Waals surface area contributed by atoms with E-state index in [-0.39, 0.29) is 11.9 Å². The van der Waals surface area contributed by atoms with Crippen LogP contribution in [-0.4, -0.2) is 39.0 Å². The Morgan fingerprint density at radius 2 is 1.78 bits per heavy atom. The number of piperidine rings is 1. The molecule has 0 aliphatic carbocycles. The number of ether oxygens (including phenoxy) is 1. The van der Waals surface area contributed by atoms with Crippen molar-refractivity contribution in [1.29, 1.82) is 0 Å². The van der Waals surface area contributed by atoms with Gasteiger partial charge in [-0.1, -0.05) is 0 Å². The Hall–Kier alpha value is -2.12. The van der Waals surface area contributed by atoms with Gasteiger partial charge in [-0.15, -0.1) is 11.3 Å². The fourth-order valence-electron chi connectivity index (χ4n) is 3.55. The van der Waals surface area contributed by atoms with Crippen molar-refractivity contribution in [2.24, 2.45) is 0 Å². The third-order valence-corrected chi connectivity index (χ3v) is 5.69. The fourth-order valence-corrected chi connectivity index (χ4v) is 4.35. The molecule has 4 heterocycles. The van der Waals surface area contributed by atoms with Crippen LogP contribution in [0.4, 0.5) is 4.39 Å². The summed E-state index contributed by atoms with van der Waals surface area (Å²) in [7, 11) is 0. The molecule has 0 N–H and O–H groups in total. The lowest BCUT2D eigenvalue weighted by molar-refractivity contribution is 0.0953. The van der Waals surface area contributed by atoms with Crippen LogP contribution in [0.15, 0.2) is 18.2 Å². The van der Waals surface area contributed by atoms with E-state index in [9.17, 15) is 4.39 Å². The van der Waals surface area contributed by atoms with Crippen LogP contribution < -0.4 is 4.74 Å². The minimum absolute atomic E-state index is 0.184. The summed E-state index contributed by atoms with van der Waals surface area (Å²) in [4.78, 5) is 15.4. The van der Waals surface area contributed by atoms with Gasteiger partial charge in [-0.2, -0.15) is 0 Å². The molecule has 1 saturated heterocycles. The summed E-state index contributed by atoms with van der Waals surface area (Å²) >= 11 is 1.48. The van der Waals surface area contributed by atoms with E-state index in [1.165, 1.54) is 11.3 Å². The Balaban J connectivity index is 1.37. The van der Waals surface area contributed by atoms with Crippen LogP contribution in [-0.2, 0) is 6.54 Å². The molecule has 27 heavy (non-hydrogen) atoms. The van der Waals surface area contributed by atoms with Gasteiger partial charge in [0.2, 0.25) is 0 Å². The summed E-state index contributed by atoms with van der Waals surface area (Å²) in [6.07, 6.45) is 2.02. The Labute approximate surface area is 162 Å². The Morgan fingerprint density at radius 3 is 2.48 bits per heavy atom. The van der Waals surface area contributed by atoms with E-state index in [1.807, 2.05) is 32.9 Å². The lowest BCUT2D eigenvalue weighted by atomic mass is 10.1. The average molecular weight is 386 g/mol. The Bertz CT molecular complexity index is 946. The van der Waals surface area contributed by atoms with Gasteiger partial charge in [0.25, 0.3) is 0 Å². The van der Waals surface area contributed by atoms with Crippen LogP contribution in [0.25, 0.3) is 10.3 Å². The van der Waals surface area contributed by atoms with Crippen LogP contribution in [0.5, 0.6) is 5.75 Å². The smallest absolute Gasteiger partial charge is 0.171 e. The van der Waals surface area contributed by atoms with E-state index in [2.05, 4.69) is 19.9 Å². The molecule has 1 aliphatic rings. The standard InChI is InChI=1S/C20H23FN4OS/c1-12-8-16(9-13(2)22-12)26-15-4-6-25(7-5-15)11-18-17(21)10-19-20(24-18)23-14(3)27-19/h8-10,15H,4-7,11H2,1-3H3. The molecule has 0 radical (unpaired) electrons. The second-order valence-corrected chi connectivity index (χ2v) is 8.39. The van der Waals surface area contributed by atoms with E-state index in [1.54, 1.807) is 6.07 Å². The molecule has 1 aliphatic heterocycles. The summed E-state index contributed by atoms with van der Waals surface area (Å²) in [5, 5.41) is 0.911. The van der Waals surface area contributed by atoms with Gasteiger partial charge in [-0.3, -0.25) is 9.88 Å². The SMILES string of the molecule is Cc1cc(OC2CCN(Cc3nc4nc(C)sc4cc3F)CC2)cc(C)n1. The molecule has 1 fully saturated rings. The van der Waals surface area contributed by atoms with E-state index in [0.29, 0.717) is 17.9 Å². The maximum absolute atomic E-state index is 14.4. The molecule has 3 aromatic heterocycles. The molecule has 0 spiro atoms. The number of hydrogen-bond donors (Lipinski definition) is 0. The number of aromatic nitrogens is 3. The molecule has 0 atom stereocenters. The summed E-state index contributed by atoms with van der Waals surface area (Å²) in [6, 6.07) is 5.51. The van der Waals surface area contributed by atoms with Gasteiger partial charge >= 0.3 is 0 Å². The third-order valence-electron chi connectivity index (χ3n) is 4.78. The quantitative estimate of drug-likeness (QED) is 0.673. The molecule has 0 amide bonds. The van der Waals surface area contributed by atoms with Crippen molar-refractivity contribution in [3.05, 3.63) is 46.1 Å². The summed E-state index contributed by atoms with van der Waals surface area (Å²) in [6.45, 7) is 8.11. The molecule has 142 valence electrons. The molecule has 3 aromatic rings. The van der Waals surface area contributed by atoms with Gasteiger partial charge < -0.3 is 4.74 Å². The zero-order chi connectivity index (χ0) is 19.0. The van der Waals surface area contributed by atoms with Gasteiger partial charge in [0, 0.05) is 43.2 Å². The number of hydrogen-bond acceptors (Lipinski definition) is 6. The van der Waals surface area contributed by atoms with Crippen LogP contribution >= 0.6 is 11.3 Å². The first-order valence-electron chi connectivity index (χ1n) is 9.23. The van der Waals surface area contributed by atoms with Gasteiger partial charge in [0.1, 0.15) is 17.7 Å². The monoisotopic (exact) mass is 386 g/mol. The second kappa shape index (κ2) is 7.48. The average Bonchev–Trinajstić information content (AvgIpc) is 2.95. The van der Waals surface area contributed by atoms with Crippen molar-refractivity contribution in [1.82, 2.24) is 19.9 Å². The molecule has 0 unspecified atom stereocenters. The normalized spacial score (nSPS) is 16.1. The minimum Gasteiger partial charge on any atom is -0.490 e. The maximum atomic E-state index is 14.4. The first kappa shape index (κ1) is 18.3. The van der Waals surface area contributed by atoms with Crippen molar-refractivity contribution in [2.75, 3.05) is 13.1 Å². The number of likely N-dealkylation sites (tertiary alicyclic amines) is 1. The molecular formula is C20H23FN4OS. The van der Waals surface area contributed by atoms with Crippen molar-refractivity contribution in [3.8, 4) is 5.75 Å². The highest BCUT2D eigenvalue weighted by atomic mass is 32.1. The molecule has 0 bridgehead atoms. The largest absolute Gasteiger partial charge is 0.490 e. The number of fused-ring (bicyclic) bond motifs is 1. The predicted molar refractivity (Wildman–Crippen MR) is 105 cm³/mol. The maximum Gasteiger partial charge on any atom is 0.171 e. The summed E-state index contributed by atoms with van der Waals surface area (Å²) in [5.41, 5.74) is 3.07. The molecule has 0 saturated carbocycles. The fraction of sp³-hybridized carbons (Fsp3) is 0.450.